The third kappa shape index (κ3) is 5.98. The van der Waals surface area contributed by atoms with Crippen molar-refractivity contribution in [3.05, 3.63) is 12.2 Å². The first kappa shape index (κ1) is 15.1. The lowest BCUT2D eigenvalue weighted by molar-refractivity contribution is -0.139. The van der Waals surface area contributed by atoms with Crippen LogP contribution in [0, 0.1) is 0 Å². The Labute approximate surface area is 109 Å². The number of hydrogen-bond donors (Lipinski definition) is 1. The Hall–Kier alpha value is -1.93. The van der Waals surface area contributed by atoms with Crippen LogP contribution in [0.25, 0.3) is 0 Å². The molecule has 19 heavy (non-hydrogen) atoms. The maximum atomic E-state index is 11.4. The minimum absolute atomic E-state index is 0.0103. The molecule has 0 aromatic carbocycles. The highest BCUT2D eigenvalue weighted by Gasteiger charge is 2.23. The third-order valence-corrected chi connectivity index (χ3v) is 2.12. The summed E-state index contributed by atoms with van der Waals surface area (Å²) >= 11 is 0. The van der Waals surface area contributed by atoms with E-state index >= 15 is 0 Å². The zero-order chi connectivity index (χ0) is 14.1. The van der Waals surface area contributed by atoms with E-state index in [0.717, 1.165) is 12.2 Å². The molecule has 106 valence electrons. The molecule has 0 aliphatic carbocycles. The normalized spacial score (nSPS) is 18.3. The second-order valence-electron chi connectivity index (χ2n) is 3.46. The second kappa shape index (κ2) is 8.22. The van der Waals surface area contributed by atoms with Crippen LogP contribution < -0.4 is 5.32 Å². The first-order valence-corrected chi connectivity index (χ1v) is 5.53. The summed E-state index contributed by atoms with van der Waals surface area (Å²) in [4.78, 5) is 33.2. The predicted octanol–water partition coefficient (Wildman–Crippen LogP) is -1.25. The maximum absolute atomic E-state index is 11.4. The summed E-state index contributed by atoms with van der Waals surface area (Å²) in [5, 5.41) is 2.52. The highest BCUT2D eigenvalue weighted by atomic mass is 16.7. The number of methoxy groups -OCH3 is 1. The van der Waals surface area contributed by atoms with E-state index in [4.69, 9.17) is 14.2 Å². The van der Waals surface area contributed by atoms with E-state index in [-0.39, 0.29) is 32.5 Å². The van der Waals surface area contributed by atoms with Gasteiger partial charge in [0.2, 0.25) is 0 Å². The Morgan fingerprint density at radius 3 is 2.68 bits per heavy atom. The van der Waals surface area contributed by atoms with Crippen LogP contribution in [-0.2, 0) is 33.3 Å². The molecule has 0 bridgehead atoms. The summed E-state index contributed by atoms with van der Waals surface area (Å²) in [5.41, 5.74) is 0. The summed E-state index contributed by atoms with van der Waals surface area (Å²) in [6.45, 7) is 0.457. The summed E-state index contributed by atoms with van der Waals surface area (Å²) in [5.74, 6) is -1.66. The summed E-state index contributed by atoms with van der Waals surface area (Å²) in [6, 6.07) is 0. The molecular weight excluding hydrogens is 258 g/mol. The fourth-order valence-corrected chi connectivity index (χ4v) is 1.18. The van der Waals surface area contributed by atoms with Crippen molar-refractivity contribution in [1.82, 2.24) is 5.32 Å². The van der Waals surface area contributed by atoms with Crippen LogP contribution >= 0.6 is 0 Å². The van der Waals surface area contributed by atoms with Crippen LogP contribution in [0.15, 0.2) is 12.2 Å². The smallest absolute Gasteiger partial charge is 0.331 e. The van der Waals surface area contributed by atoms with E-state index < -0.39 is 18.0 Å². The molecule has 0 aromatic rings. The minimum atomic E-state index is -0.694. The average molecular weight is 273 g/mol. The number of rotatable bonds is 6. The largest absolute Gasteiger partial charge is 0.466 e. The Balaban J connectivity index is 2.09. The molecule has 0 unspecified atom stereocenters. The van der Waals surface area contributed by atoms with Gasteiger partial charge in [-0.25, -0.2) is 9.59 Å². The first-order chi connectivity index (χ1) is 9.13. The molecule has 1 saturated heterocycles. The van der Waals surface area contributed by atoms with Crippen LogP contribution in [0.4, 0.5) is 0 Å². The molecule has 1 aliphatic heterocycles. The van der Waals surface area contributed by atoms with Gasteiger partial charge in [0.1, 0.15) is 13.4 Å². The van der Waals surface area contributed by atoms with Crippen molar-refractivity contribution in [2.45, 2.75) is 6.10 Å². The molecule has 1 atom stereocenters. The Bertz CT molecular complexity index is 360. The molecule has 8 nitrogen and oxygen atoms in total. The predicted molar refractivity (Wildman–Crippen MR) is 60.8 cm³/mol. The van der Waals surface area contributed by atoms with Crippen LogP contribution in [0.3, 0.4) is 0 Å². The lowest BCUT2D eigenvalue weighted by Gasteiger charge is -2.08. The van der Waals surface area contributed by atoms with Crippen LogP contribution in [-0.4, -0.2) is 57.6 Å². The Kier molecular flexibility index (Phi) is 6.55. The van der Waals surface area contributed by atoms with Crippen molar-refractivity contribution in [3.8, 4) is 0 Å². The van der Waals surface area contributed by atoms with E-state index in [2.05, 4.69) is 10.1 Å². The molecule has 8 heteroatoms. The van der Waals surface area contributed by atoms with Crippen molar-refractivity contribution in [1.29, 1.82) is 0 Å². The summed E-state index contributed by atoms with van der Waals surface area (Å²) in [7, 11) is 1.20. The van der Waals surface area contributed by atoms with Gasteiger partial charge in [-0.15, -0.1) is 0 Å². The van der Waals surface area contributed by atoms with E-state index in [1.54, 1.807) is 0 Å². The highest BCUT2D eigenvalue weighted by molar-refractivity contribution is 5.91. The lowest BCUT2D eigenvalue weighted by Crippen LogP contribution is -2.37. The van der Waals surface area contributed by atoms with Gasteiger partial charge in [-0.2, -0.15) is 0 Å². The molecule has 1 rings (SSSR count). The van der Waals surface area contributed by atoms with Crippen molar-refractivity contribution >= 4 is 17.8 Å². The zero-order valence-electron chi connectivity index (χ0n) is 10.4. The number of ether oxygens (including phenoxy) is 4. The molecule has 0 radical (unpaired) electrons. The number of nitrogens with one attached hydrogen (secondary N) is 1. The Morgan fingerprint density at radius 1 is 1.32 bits per heavy atom. The van der Waals surface area contributed by atoms with Gasteiger partial charge in [0.05, 0.1) is 20.3 Å². The molecule has 1 amide bonds. The van der Waals surface area contributed by atoms with Gasteiger partial charge in [0.25, 0.3) is 5.91 Å². The minimum Gasteiger partial charge on any atom is -0.466 e. The Morgan fingerprint density at radius 2 is 2.05 bits per heavy atom. The van der Waals surface area contributed by atoms with E-state index in [1.807, 2.05) is 0 Å². The highest BCUT2D eigenvalue weighted by Crippen LogP contribution is 2.01. The van der Waals surface area contributed by atoms with Crippen LogP contribution in [0.1, 0.15) is 0 Å². The maximum Gasteiger partial charge on any atom is 0.331 e. The van der Waals surface area contributed by atoms with Crippen molar-refractivity contribution in [2.24, 2.45) is 0 Å². The second-order valence-corrected chi connectivity index (χ2v) is 3.46. The zero-order valence-corrected chi connectivity index (χ0v) is 10.4. The molecule has 1 N–H and O–H groups in total. The van der Waals surface area contributed by atoms with Gasteiger partial charge in [0, 0.05) is 12.2 Å². The first-order valence-electron chi connectivity index (χ1n) is 5.53. The fourth-order valence-electron chi connectivity index (χ4n) is 1.18. The topological polar surface area (TPSA) is 100 Å². The molecule has 1 fully saturated rings. The molecule has 1 heterocycles. The molecule has 0 aromatic heterocycles. The van der Waals surface area contributed by atoms with E-state index in [9.17, 15) is 14.4 Å². The van der Waals surface area contributed by atoms with Gasteiger partial charge in [0.15, 0.2) is 6.10 Å². The number of hydrogen-bond acceptors (Lipinski definition) is 7. The van der Waals surface area contributed by atoms with Crippen molar-refractivity contribution in [3.63, 3.8) is 0 Å². The number of amides is 1. The quantitative estimate of drug-likeness (QED) is 0.366. The average Bonchev–Trinajstić information content (AvgIpc) is 2.94. The van der Waals surface area contributed by atoms with Gasteiger partial charge in [-0.1, -0.05) is 0 Å². The molecular formula is C11H15NO7. The van der Waals surface area contributed by atoms with Gasteiger partial charge >= 0.3 is 11.9 Å². The van der Waals surface area contributed by atoms with E-state index in [1.165, 1.54) is 7.11 Å². The number of carbonyl (C=O) groups is 3. The lowest BCUT2D eigenvalue weighted by atomic mass is 10.3. The van der Waals surface area contributed by atoms with E-state index in [0.29, 0.717) is 0 Å². The fraction of sp³-hybridized carbons (Fsp3) is 0.545. The van der Waals surface area contributed by atoms with Crippen molar-refractivity contribution in [2.75, 3.05) is 33.7 Å². The monoisotopic (exact) mass is 273 g/mol. The number of esters is 2. The van der Waals surface area contributed by atoms with Gasteiger partial charge in [-0.3, -0.25) is 4.79 Å². The van der Waals surface area contributed by atoms with Crippen LogP contribution in [0.5, 0.6) is 0 Å². The van der Waals surface area contributed by atoms with Crippen LogP contribution in [0.2, 0.25) is 0 Å². The van der Waals surface area contributed by atoms with Gasteiger partial charge in [-0.05, 0) is 0 Å². The van der Waals surface area contributed by atoms with Crippen molar-refractivity contribution < 1.29 is 33.3 Å². The van der Waals surface area contributed by atoms with Gasteiger partial charge < -0.3 is 24.3 Å². The third-order valence-electron chi connectivity index (χ3n) is 2.12. The summed E-state index contributed by atoms with van der Waals surface area (Å²) in [6.07, 6.45) is 1.28. The summed E-state index contributed by atoms with van der Waals surface area (Å²) < 4.78 is 18.9. The SMILES string of the molecule is COC(=O)/C=C/C(=O)OCCNC(=O)[C@H]1COCO1. The standard InChI is InChI=1S/C11H15NO7/c1-16-9(13)2-3-10(14)18-5-4-12-11(15)8-6-17-7-19-8/h2-3,8H,4-7H2,1H3,(H,12,15)/b3-2+/t8-/m1/s1. The number of carbonyl (C=O) groups excluding carboxylic acids is 3. The molecule has 0 saturated carbocycles. The molecule has 0 spiro atoms. The molecule has 1 aliphatic rings.